The van der Waals surface area contributed by atoms with Gasteiger partial charge in [0.25, 0.3) is 0 Å². The van der Waals surface area contributed by atoms with E-state index in [0.717, 1.165) is 5.13 Å². The number of aromatic nitrogens is 3. The largest absolute Gasteiger partial charge is 0.393 e. The monoisotopic (exact) mass is 248 g/mol. The number of rotatable bonds is 5. The molecule has 2 aromatic heterocycles. The predicted molar refractivity (Wildman–Crippen MR) is 70.5 cm³/mol. The van der Waals surface area contributed by atoms with E-state index in [1.54, 1.807) is 12.3 Å². The highest BCUT2D eigenvalue weighted by atomic mass is 32.1. The third kappa shape index (κ3) is 2.70. The number of nitrogens with two attached hydrogens (primary N) is 1. The van der Waals surface area contributed by atoms with E-state index in [0.29, 0.717) is 23.9 Å². The van der Waals surface area contributed by atoms with Crippen molar-refractivity contribution >= 4 is 33.8 Å². The van der Waals surface area contributed by atoms with E-state index in [1.165, 1.54) is 17.7 Å². The Balaban J connectivity index is 2.19. The molecule has 0 amide bonds. The average Bonchev–Trinajstić information content (AvgIpc) is 2.83. The molecule has 6 nitrogen and oxygen atoms in total. The molecule has 0 unspecified atom stereocenters. The van der Waals surface area contributed by atoms with Gasteiger partial charge in [-0.1, -0.05) is 6.08 Å². The van der Waals surface area contributed by atoms with E-state index in [4.69, 9.17) is 5.73 Å². The Labute approximate surface area is 103 Å². The number of nitrogens with zero attached hydrogens (tertiary/aromatic N) is 3. The van der Waals surface area contributed by atoms with Gasteiger partial charge in [0.1, 0.15) is 12.0 Å². The fourth-order valence-electron chi connectivity index (χ4n) is 1.19. The fraction of sp³-hybridized carbons (Fsp3) is 0.100. The number of nitrogen functional groups attached to an aromatic ring is 1. The van der Waals surface area contributed by atoms with E-state index in [-0.39, 0.29) is 0 Å². The summed E-state index contributed by atoms with van der Waals surface area (Å²) in [6, 6.07) is 0. The lowest BCUT2D eigenvalue weighted by Crippen LogP contribution is -2.07. The summed E-state index contributed by atoms with van der Waals surface area (Å²) in [6.45, 7) is 4.21. The molecular formula is C10H12N6S. The summed E-state index contributed by atoms with van der Waals surface area (Å²) in [5.41, 5.74) is 6.40. The zero-order chi connectivity index (χ0) is 12.1. The topological polar surface area (TPSA) is 88.8 Å². The molecule has 7 heteroatoms. The summed E-state index contributed by atoms with van der Waals surface area (Å²) in [6.07, 6.45) is 4.88. The molecule has 0 saturated carbocycles. The van der Waals surface area contributed by atoms with Crippen LogP contribution in [0.3, 0.4) is 0 Å². The van der Waals surface area contributed by atoms with Gasteiger partial charge in [-0.25, -0.2) is 15.0 Å². The Morgan fingerprint density at radius 1 is 1.35 bits per heavy atom. The van der Waals surface area contributed by atoms with Gasteiger partial charge in [0.2, 0.25) is 0 Å². The quantitative estimate of drug-likeness (QED) is 0.700. The van der Waals surface area contributed by atoms with Crippen LogP contribution in [0.1, 0.15) is 0 Å². The van der Waals surface area contributed by atoms with E-state index in [1.807, 2.05) is 5.38 Å². The first-order chi connectivity index (χ1) is 8.31. The second kappa shape index (κ2) is 5.26. The van der Waals surface area contributed by atoms with Crippen molar-refractivity contribution in [3.8, 4) is 0 Å². The highest BCUT2D eigenvalue weighted by molar-refractivity contribution is 7.13. The van der Waals surface area contributed by atoms with Gasteiger partial charge in [0, 0.05) is 18.1 Å². The number of hydrogen-bond donors (Lipinski definition) is 3. The van der Waals surface area contributed by atoms with Crippen LogP contribution in [0.25, 0.3) is 0 Å². The highest BCUT2D eigenvalue weighted by Gasteiger charge is 2.08. The highest BCUT2D eigenvalue weighted by Crippen LogP contribution is 2.26. The molecule has 88 valence electrons. The minimum absolute atomic E-state index is 0.463. The van der Waals surface area contributed by atoms with Crippen LogP contribution in [0.15, 0.2) is 30.6 Å². The van der Waals surface area contributed by atoms with E-state index in [2.05, 4.69) is 32.2 Å². The number of nitrogens with one attached hydrogen (secondary N) is 2. The molecule has 0 aromatic carbocycles. The van der Waals surface area contributed by atoms with Crippen LogP contribution < -0.4 is 16.4 Å². The standard InChI is InChI=1S/C10H12N6S/c1-2-3-12-8-7(11)9(15-6-14-8)16-10-13-4-5-17-10/h2,4-6H,1,3,11H2,(H2,12,13,14,15,16). The van der Waals surface area contributed by atoms with Gasteiger partial charge in [-0.15, -0.1) is 17.9 Å². The zero-order valence-corrected chi connectivity index (χ0v) is 9.87. The molecule has 2 heterocycles. The Morgan fingerprint density at radius 2 is 2.18 bits per heavy atom. The summed E-state index contributed by atoms with van der Waals surface area (Å²) in [4.78, 5) is 12.2. The molecule has 4 N–H and O–H groups in total. The molecule has 2 aromatic rings. The molecule has 0 bridgehead atoms. The first kappa shape index (κ1) is 11.3. The van der Waals surface area contributed by atoms with E-state index < -0.39 is 0 Å². The maximum Gasteiger partial charge on any atom is 0.188 e. The number of anilines is 4. The molecule has 0 aliphatic carbocycles. The first-order valence-corrected chi connectivity index (χ1v) is 5.81. The van der Waals surface area contributed by atoms with Crippen LogP contribution in [0.5, 0.6) is 0 Å². The summed E-state index contributed by atoms with van der Waals surface area (Å²) in [5.74, 6) is 1.13. The molecular weight excluding hydrogens is 236 g/mol. The van der Waals surface area contributed by atoms with Crippen molar-refractivity contribution in [2.75, 3.05) is 22.9 Å². The predicted octanol–water partition coefficient (Wildman–Crippen LogP) is 1.86. The second-order valence-corrected chi connectivity index (χ2v) is 4.01. The third-order valence-corrected chi connectivity index (χ3v) is 2.64. The molecule has 0 aliphatic rings. The van der Waals surface area contributed by atoms with Crippen molar-refractivity contribution in [3.63, 3.8) is 0 Å². The van der Waals surface area contributed by atoms with Crippen molar-refractivity contribution < 1.29 is 0 Å². The second-order valence-electron chi connectivity index (χ2n) is 3.12. The normalized spacial score (nSPS) is 9.88. The van der Waals surface area contributed by atoms with Crippen LogP contribution in [-0.4, -0.2) is 21.5 Å². The molecule has 0 fully saturated rings. The van der Waals surface area contributed by atoms with Gasteiger partial charge in [0.15, 0.2) is 16.8 Å². The molecule has 0 atom stereocenters. The van der Waals surface area contributed by atoms with Crippen molar-refractivity contribution in [1.29, 1.82) is 0 Å². The minimum atomic E-state index is 0.463. The van der Waals surface area contributed by atoms with Gasteiger partial charge in [-0.05, 0) is 0 Å². The molecule has 0 spiro atoms. The van der Waals surface area contributed by atoms with Gasteiger partial charge in [0.05, 0.1) is 0 Å². The van der Waals surface area contributed by atoms with Gasteiger partial charge in [-0.3, -0.25) is 0 Å². The fourth-order valence-corrected chi connectivity index (χ4v) is 1.72. The van der Waals surface area contributed by atoms with Gasteiger partial charge in [-0.2, -0.15) is 0 Å². The Kier molecular flexibility index (Phi) is 3.51. The SMILES string of the molecule is C=CCNc1ncnc(Nc2nccs2)c1N. The summed E-state index contributed by atoms with van der Waals surface area (Å²) in [5, 5.41) is 8.68. The average molecular weight is 248 g/mol. The summed E-state index contributed by atoms with van der Waals surface area (Å²) < 4.78 is 0. The molecule has 0 saturated heterocycles. The molecule has 2 rings (SSSR count). The molecule has 0 radical (unpaired) electrons. The zero-order valence-electron chi connectivity index (χ0n) is 9.05. The van der Waals surface area contributed by atoms with E-state index >= 15 is 0 Å². The van der Waals surface area contributed by atoms with Crippen LogP contribution in [0.2, 0.25) is 0 Å². The van der Waals surface area contributed by atoms with Crippen molar-refractivity contribution in [2.24, 2.45) is 0 Å². The molecule has 17 heavy (non-hydrogen) atoms. The van der Waals surface area contributed by atoms with Crippen molar-refractivity contribution in [3.05, 3.63) is 30.6 Å². The van der Waals surface area contributed by atoms with Crippen LogP contribution in [0, 0.1) is 0 Å². The minimum Gasteiger partial charge on any atom is -0.393 e. The van der Waals surface area contributed by atoms with Gasteiger partial charge >= 0.3 is 0 Å². The summed E-state index contributed by atoms with van der Waals surface area (Å²) >= 11 is 1.48. The Bertz CT molecular complexity index is 496. The molecule has 0 aliphatic heterocycles. The lowest BCUT2D eigenvalue weighted by atomic mass is 10.4. The van der Waals surface area contributed by atoms with Crippen molar-refractivity contribution in [1.82, 2.24) is 15.0 Å². The lowest BCUT2D eigenvalue weighted by Gasteiger charge is -2.09. The van der Waals surface area contributed by atoms with Crippen molar-refractivity contribution in [2.45, 2.75) is 0 Å². The van der Waals surface area contributed by atoms with Gasteiger partial charge < -0.3 is 16.4 Å². The van der Waals surface area contributed by atoms with E-state index in [9.17, 15) is 0 Å². The lowest BCUT2D eigenvalue weighted by molar-refractivity contribution is 1.14. The number of hydrogen-bond acceptors (Lipinski definition) is 7. The Hall–Kier alpha value is -2.15. The van der Waals surface area contributed by atoms with Crippen LogP contribution >= 0.6 is 11.3 Å². The maximum atomic E-state index is 5.93. The Morgan fingerprint density at radius 3 is 2.88 bits per heavy atom. The van der Waals surface area contributed by atoms with Crippen LogP contribution in [0.4, 0.5) is 22.5 Å². The third-order valence-electron chi connectivity index (χ3n) is 1.96. The number of thiazole rings is 1. The smallest absolute Gasteiger partial charge is 0.188 e. The first-order valence-electron chi connectivity index (χ1n) is 4.93. The summed E-state index contributed by atoms with van der Waals surface area (Å²) in [7, 11) is 0. The maximum absolute atomic E-state index is 5.93. The van der Waals surface area contributed by atoms with Crippen LogP contribution in [-0.2, 0) is 0 Å².